The first kappa shape index (κ1) is 18.7. The SMILES string of the molecule is CCOC(=O)C(OCC)C1CCN(C(=O)OC(C)(C)C)CC1. The summed E-state index contributed by atoms with van der Waals surface area (Å²) in [6.45, 7) is 11.2. The highest BCUT2D eigenvalue weighted by molar-refractivity contribution is 5.75. The van der Waals surface area contributed by atoms with Crippen LogP contribution in [0.3, 0.4) is 0 Å². The average molecular weight is 315 g/mol. The minimum Gasteiger partial charge on any atom is -0.464 e. The number of carbonyl (C=O) groups excluding carboxylic acids is 2. The fourth-order valence-electron chi connectivity index (χ4n) is 2.51. The molecule has 1 heterocycles. The number of amides is 1. The van der Waals surface area contributed by atoms with Gasteiger partial charge in [0.05, 0.1) is 6.61 Å². The van der Waals surface area contributed by atoms with Gasteiger partial charge < -0.3 is 19.1 Å². The highest BCUT2D eigenvalue weighted by Crippen LogP contribution is 2.25. The van der Waals surface area contributed by atoms with Crippen molar-refractivity contribution in [3.05, 3.63) is 0 Å². The second-order valence-electron chi connectivity index (χ2n) is 6.43. The summed E-state index contributed by atoms with van der Waals surface area (Å²) in [4.78, 5) is 25.7. The highest BCUT2D eigenvalue weighted by atomic mass is 16.6. The molecule has 0 aromatic heterocycles. The maximum absolute atomic E-state index is 12.0. The molecule has 0 aliphatic carbocycles. The second-order valence-corrected chi connectivity index (χ2v) is 6.43. The molecule has 6 nitrogen and oxygen atoms in total. The van der Waals surface area contributed by atoms with Gasteiger partial charge in [-0.25, -0.2) is 9.59 Å². The van der Waals surface area contributed by atoms with E-state index in [1.807, 2.05) is 27.7 Å². The van der Waals surface area contributed by atoms with Crippen LogP contribution >= 0.6 is 0 Å². The van der Waals surface area contributed by atoms with E-state index in [4.69, 9.17) is 14.2 Å². The lowest BCUT2D eigenvalue weighted by atomic mass is 9.91. The summed E-state index contributed by atoms with van der Waals surface area (Å²) in [5.74, 6) is -0.224. The predicted molar refractivity (Wildman–Crippen MR) is 82.6 cm³/mol. The summed E-state index contributed by atoms with van der Waals surface area (Å²) in [6, 6.07) is 0. The maximum Gasteiger partial charge on any atom is 0.410 e. The molecule has 1 aliphatic rings. The number of hydrogen-bond acceptors (Lipinski definition) is 5. The van der Waals surface area contributed by atoms with Crippen molar-refractivity contribution < 1.29 is 23.8 Å². The van der Waals surface area contributed by atoms with Crippen LogP contribution in [0.25, 0.3) is 0 Å². The van der Waals surface area contributed by atoms with Crippen LogP contribution in [0.2, 0.25) is 0 Å². The molecule has 0 aromatic rings. The van der Waals surface area contributed by atoms with Crippen LogP contribution in [0.5, 0.6) is 0 Å². The van der Waals surface area contributed by atoms with Gasteiger partial charge in [0, 0.05) is 19.7 Å². The lowest BCUT2D eigenvalue weighted by molar-refractivity contribution is -0.161. The topological polar surface area (TPSA) is 65.1 Å². The molecule has 1 saturated heterocycles. The number of likely N-dealkylation sites (tertiary alicyclic amines) is 1. The molecule has 1 amide bonds. The van der Waals surface area contributed by atoms with Crippen LogP contribution in [0.4, 0.5) is 4.79 Å². The van der Waals surface area contributed by atoms with Gasteiger partial charge in [0.1, 0.15) is 5.60 Å². The third-order valence-electron chi connectivity index (χ3n) is 3.48. The second kappa shape index (κ2) is 8.36. The zero-order valence-electron chi connectivity index (χ0n) is 14.4. The Hall–Kier alpha value is -1.30. The van der Waals surface area contributed by atoms with Crippen LogP contribution in [-0.2, 0) is 19.0 Å². The molecule has 0 saturated carbocycles. The first-order valence-electron chi connectivity index (χ1n) is 8.04. The quantitative estimate of drug-likeness (QED) is 0.730. The Kier molecular flexibility index (Phi) is 7.13. The largest absolute Gasteiger partial charge is 0.464 e. The van der Waals surface area contributed by atoms with Crippen molar-refractivity contribution in [3.8, 4) is 0 Å². The molecule has 0 bridgehead atoms. The number of ether oxygens (including phenoxy) is 3. The summed E-state index contributed by atoms with van der Waals surface area (Å²) >= 11 is 0. The lowest BCUT2D eigenvalue weighted by Gasteiger charge is -2.35. The molecule has 0 radical (unpaired) electrons. The standard InChI is InChI=1S/C16H29NO5/c1-6-20-13(14(18)21-7-2)12-8-10-17(11-9-12)15(19)22-16(3,4)5/h12-13H,6-11H2,1-5H3. The Morgan fingerprint density at radius 3 is 2.18 bits per heavy atom. The third kappa shape index (κ3) is 5.83. The molecule has 22 heavy (non-hydrogen) atoms. The maximum atomic E-state index is 12.0. The first-order chi connectivity index (χ1) is 10.3. The molecule has 128 valence electrons. The van der Waals surface area contributed by atoms with E-state index in [-0.39, 0.29) is 18.0 Å². The molecule has 0 spiro atoms. The normalized spacial score (nSPS) is 18.0. The van der Waals surface area contributed by atoms with Gasteiger partial charge in [0.25, 0.3) is 0 Å². The molecule has 6 heteroatoms. The van der Waals surface area contributed by atoms with Crippen molar-refractivity contribution in [2.45, 2.75) is 59.2 Å². The predicted octanol–water partition coefficient (Wildman–Crippen LogP) is 2.60. The molecular formula is C16H29NO5. The molecule has 1 atom stereocenters. The van der Waals surface area contributed by atoms with E-state index >= 15 is 0 Å². The Balaban J connectivity index is 2.55. The molecule has 1 unspecified atom stereocenters. The van der Waals surface area contributed by atoms with Gasteiger partial charge in [-0.15, -0.1) is 0 Å². The highest BCUT2D eigenvalue weighted by Gasteiger charge is 2.35. The Bertz CT molecular complexity index is 369. The molecule has 0 aromatic carbocycles. The molecule has 0 N–H and O–H groups in total. The number of piperidine rings is 1. The minimum atomic E-state index is -0.536. The third-order valence-corrected chi connectivity index (χ3v) is 3.48. The Morgan fingerprint density at radius 2 is 1.73 bits per heavy atom. The van der Waals surface area contributed by atoms with Gasteiger partial charge in [-0.1, -0.05) is 0 Å². The van der Waals surface area contributed by atoms with Gasteiger partial charge >= 0.3 is 12.1 Å². The van der Waals surface area contributed by atoms with E-state index in [9.17, 15) is 9.59 Å². The van der Waals surface area contributed by atoms with Gasteiger partial charge in [-0.3, -0.25) is 0 Å². The van der Waals surface area contributed by atoms with Crippen LogP contribution in [-0.4, -0.2) is 55.0 Å². The van der Waals surface area contributed by atoms with Crippen molar-refractivity contribution in [3.63, 3.8) is 0 Å². The van der Waals surface area contributed by atoms with Crippen LogP contribution in [0, 0.1) is 5.92 Å². The summed E-state index contributed by atoms with van der Waals surface area (Å²) in [6.07, 6.45) is 0.589. The van der Waals surface area contributed by atoms with E-state index in [2.05, 4.69) is 0 Å². The zero-order valence-corrected chi connectivity index (χ0v) is 14.4. The van der Waals surface area contributed by atoms with E-state index in [1.165, 1.54) is 0 Å². The Labute approximate surface area is 133 Å². The summed E-state index contributed by atoms with van der Waals surface area (Å²) in [5, 5.41) is 0. The number of carbonyl (C=O) groups is 2. The van der Waals surface area contributed by atoms with Crippen molar-refractivity contribution >= 4 is 12.1 Å². The molecule has 1 rings (SSSR count). The van der Waals surface area contributed by atoms with Crippen LogP contribution < -0.4 is 0 Å². The van der Waals surface area contributed by atoms with Crippen molar-refractivity contribution in [1.82, 2.24) is 4.90 Å². The lowest BCUT2D eigenvalue weighted by Crippen LogP contribution is -2.45. The van der Waals surface area contributed by atoms with E-state index in [0.29, 0.717) is 39.1 Å². The Morgan fingerprint density at radius 1 is 1.14 bits per heavy atom. The van der Waals surface area contributed by atoms with Crippen molar-refractivity contribution in [2.75, 3.05) is 26.3 Å². The van der Waals surface area contributed by atoms with E-state index < -0.39 is 11.7 Å². The zero-order chi connectivity index (χ0) is 16.8. The summed E-state index contributed by atoms with van der Waals surface area (Å²) in [7, 11) is 0. The fraction of sp³-hybridized carbons (Fsp3) is 0.875. The van der Waals surface area contributed by atoms with Crippen LogP contribution in [0.15, 0.2) is 0 Å². The summed E-state index contributed by atoms with van der Waals surface area (Å²) in [5.41, 5.74) is -0.493. The first-order valence-corrected chi connectivity index (χ1v) is 8.04. The van der Waals surface area contributed by atoms with Gasteiger partial charge in [-0.05, 0) is 53.4 Å². The molecule has 1 fully saturated rings. The van der Waals surface area contributed by atoms with Crippen molar-refractivity contribution in [1.29, 1.82) is 0 Å². The number of nitrogens with zero attached hydrogens (tertiary/aromatic N) is 1. The van der Waals surface area contributed by atoms with Crippen molar-refractivity contribution in [2.24, 2.45) is 5.92 Å². The monoisotopic (exact) mass is 315 g/mol. The van der Waals surface area contributed by atoms with Crippen LogP contribution in [0.1, 0.15) is 47.5 Å². The summed E-state index contributed by atoms with van der Waals surface area (Å²) < 4.78 is 16.0. The number of rotatable bonds is 5. The van der Waals surface area contributed by atoms with Gasteiger partial charge in [-0.2, -0.15) is 0 Å². The van der Waals surface area contributed by atoms with Gasteiger partial charge in [0.2, 0.25) is 0 Å². The fourth-order valence-corrected chi connectivity index (χ4v) is 2.51. The smallest absolute Gasteiger partial charge is 0.410 e. The average Bonchev–Trinajstić information content (AvgIpc) is 2.43. The number of hydrogen-bond donors (Lipinski definition) is 0. The minimum absolute atomic E-state index is 0.0812. The number of esters is 1. The van der Waals surface area contributed by atoms with Gasteiger partial charge in [0.15, 0.2) is 6.10 Å². The van der Waals surface area contributed by atoms with E-state index in [0.717, 1.165) is 0 Å². The molecule has 1 aliphatic heterocycles. The molecular weight excluding hydrogens is 286 g/mol. The van der Waals surface area contributed by atoms with E-state index in [1.54, 1.807) is 11.8 Å².